The molecule has 2 N–H and O–H groups in total. The number of hydrogen-bond acceptors (Lipinski definition) is 6. The summed E-state index contributed by atoms with van der Waals surface area (Å²) in [6.07, 6.45) is 0.731. The first-order chi connectivity index (χ1) is 14.5. The molecule has 0 saturated heterocycles. The molecule has 1 aliphatic rings. The number of fused-ring (bicyclic) bond motifs is 1. The van der Waals surface area contributed by atoms with E-state index in [0.29, 0.717) is 15.9 Å². The summed E-state index contributed by atoms with van der Waals surface area (Å²) in [6.45, 7) is 3.94. The zero-order valence-corrected chi connectivity index (χ0v) is 18.4. The minimum Gasteiger partial charge on any atom is -0.497 e. The molecule has 0 saturated carbocycles. The van der Waals surface area contributed by atoms with Gasteiger partial charge in [0.15, 0.2) is 5.82 Å². The van der Waals surface area contributed by atoms with Crippen molar-refractivity contribution in [3.63, 3.8) is 0 Å². The van der Waals surface area contributed by atoms with E-state index in [0.717, 1.165) is 29.1 Å². The largest absolute Gasteiger partial charge is 0.497 e. The molecule has 0 unspecified atom stereocenters. The van der Waals surface area contributed by atoms with Gasteiger partial charge in [0, 0.05) is 17.1 Å². The number of anilines is 1. The molecule has 4 rings (SSSR count). The van der Waals surface area contributed by atoms with Gasteiger partial charge in [-0.05, 0) is 42.3 Å². The fraction of sp³-hybridized carbons (Fsp3) is 0.286. The van der Waals surface area contributed by atoms with Crippen LogP contribution < -0.4 is 15.5 Å². The number of rotatable bonds is 5. The number of aryl methyl sites for hydroxylation is 2. The third kappa shape index (κ3) is 3.97. The molecule has 0 radical (unpaired) electrons. The van der Waals surface area contributed by atoms with Gasteiger partial charge in [-0.3, -0.25) is 4.79 Å². The standard InChI is InChI=1S/C21H22ClN5O2S/c1-4-17-24-25-21-27(17)26-18(13-6-9-15(29-3)10-7-13)19(30-21)20(28)23-14-8-5-12(2)16(22)11-14/h5-11,18-19,26H,4H2,1-3H3,(H,23,28)/t18-,19-/m1/s1. The second-order valence-corrected chi connectivity index (χ2v) is 8.48. The summed E-state index contributed by atoms with van der Waals surface area (Å²) in [6, 6.07) is 12.9. The van der Waals surface area contributed by atoms with E-state index >= 15 is 0 Å². The summed E-state index contributed by atoms with van der Waals surface area (Å²) in [5.41, 5.74) is 6.01. The van der Waals surface area contributed by atoms with Crippen LogP contribution in [0.2, 0.25) is 5.02 Å². The number of benzene rings is 2. The minimum absolute atomic E-state index is 0.138. The van der Waals surface area contributed by atoms with Crippen LogP contribution in [-0.4, -0.2) is 33.1 Å². The van der Waals surface area contributed by atoms with Crippen LogP contribution in [0.25, 0.3) is 0 Å². The molecule has 30 heavy (non-hydrogen) atoms. The van der Waals surface area contributed by atoms with E-state index in [4.69, 9.17) is 16.3 Å². The van der Waals surface area contributed by atoms with Gasteiger partial charge >= 0.3 is 0 Å². The van der Waals surface area contributed by atoms with Gasteiger partial charge in [-0.2, -0.15) is 0 Å². The lowest BCUT2D eigenvalue weighted by Crippen LogP contribution is -2.41. The minimum atomic E-state index is -0.458. The maximum absolute atomic E-state index is 13.3. The summed E-state index contributed by atoms with van der Waals surface area (Å²) in [7, 11) is 1.63. The smallest absolute Gasteiger partial charge is 0.240 e. The Balaban J connectivity index is 1.66. The molecule has 156 valence electrons. The number of halogens is 1. The van der Waals surface area contributed by atoms with Gasteiger partial charge in [0.2, 0.25) is 11.1 Å². The lowest BCUT2D eigenvalue weighted by atomic mass is 10.0. The number of ether oxygens (including phenoxy) is 1. The Morgan fingerprint density at radius 1 is 1.27 bits per heavy atom. The van der Waals surface area contributed by atoms with Gasteiger partial charge in [0.25, 0.3) is 0 Å². The quantitative estimate of drug-likeness (QED) is 0.614. The first-order valence-electron chi connectivity index (χ1n) is 9.58. The average molecular weight is 444 g/mol. The Hall–Kier alpha value is -2.71. The molecular formula is C21H22ClN5O2S. The van der Waals surface area contributed by atoms with Crippen LogP contribution in [0.15, 0.2) is 47.6 Å². The van der Waals surface area contributed by atoms with Crippen LogP contribution in [0.3, 0.4) is 0 Å². The lowest BCUT2D eigenvalue weighted by molar-refractivity contribution is -0.116. The lowest BCUT2D eigenvalue weighted by Gasteiger charge is -2.33. The highest BCUT2D eigenvalue weighted by molar-refractivity contribution is 8.00. The highest BCUT2D eigenvalue weighted by Gasteiger charge is 2.37. The Kier molecular flexibility index (Phi) is 5.87. The number of amides is 1. The van der Waals surface area contributed by atoms with E-state index < -0.39 is 5.25 Å². The van der Waals surface area contributed by atoms with Crippen molar-refractivity contribution in [2.75, 3.05) is 17.9 Å². The Bertz CT molecular complexity index is 1070. The third-order valence-corrected chi connectivity index (χ3v) is 6.62. The monoisotopic (exact) mass is 443 g/mol. The van der Waals surface area contributed by atoms with E-state index in [1.165, 1.54) is 11.8 Å². The van der Waals surface area contributed by atoms with Gasteiger partial charge < -0.3 is 15.5 Å². The number of carbonyl (C=O) groups is 1. The molecule has 1 aromatic heterocycles. The van der Waals surface area contributed by atoms with Crippen LogP contribution in [-0.2, 0) is 11.2 Å². The Morgan fingerprint density at radius 3 is 2.70 bits per heavy atom. The first-order valence-corrected chi connectivity index (χ1v) is 10.8. The van der Waals surface area contributed by atoms with E-state index in [-0.39, 0.29) is 11.9 Å². The summed E-state index contributed by atoms with van der Waals surface area (Å²) in [5, 5.41) is 12.3. The number of thioether (sulfide) groups is 1. The normalized spacial score (nSPS) is 17.7. The van der Waals surface area contributed by atoms with Crippen molar-refractivity contribution in [3.05, 3.63) is 64.4 Å². The maximum Gasteiger partial charge on any atom is 0.240 e. The van der Waals surface area contributed by atoms with Crippen molar-refractivity contribution < 1.29 is 9.53 Å². The van der Waals surface area contributed by atoms with Crippen LogP contribution >= 0.6 is 23.4 Å². The van der Waals surface area contributed by atoms with Crippen molar-refractivity contribution in [1.82, 2.24) is 14.9 Å². The van der Waals surface area contributed by atoms with Crippen LogP contribution in [0.1, 0.15) is 29.9 Å². The molecular weight excluding hydrogens is 422 g/mol. The van der Waals surface area contributed by atoms with Gasteiger partial charge in [-0.1, -0.05) is 48.5 Å². The molecule has 2 atom stereocenters. The number of methoxy groups -OCH3 is 1. The zero-order valence-electron chi connectivity index (χ0n) is 16.8. The van der Waals surface area contributed by atoms with Gasteiger partial charge in [0.1, 0.15) is 11.0 Å². The zero-order chi connectivity index (χ0) is 21.3. The molecule has 2 aromatic carbocycles. The molecule has 0 aliphatic carbocycles. The molecule has 0 bridgehead atoms. The number of carbonyl (C=O) groups excluding carboxylic acids is 1. The summed E-state index contributed by atoms with van der Waals surface area (Å²) < 4.78 is 7.14. The number of nitrogens with zero attached hydrogens (tertiary/aromatic N) is 3. The molecule has 0 spiro atoms. The van der Waals surface area contributed by atoms with Gasteiger partial charge in [0.05, 0.1) is 13.2 Å². The molecule has 2 heterocycles. The highest BCUT2D eigenvalue weighted by atomic mass is 35.5. The van der Waals surface area contributed by atoms with Crippen molar-refractivity contribution in [2.24, 2.45) is 0 Å². The van der Waals surface area contributed by atoms with Crippen molar-refractivity contribution in [3.8, 4) is 5.75 Å². The topological polar surface area (TPSA) is 81.1 Å². The fourth-order valence-electron chi connectivity index (χ4n) is 3.27. The molecule has 0 fully saturated rings. The highest BCUT2D eigenvalue weighted by Crippen LogP contribution is 2.38. The number of hydrogen-bond donors (Lipinski definition) is 2. The number of nitrogens with one attached hydrogen (secondary N) is 2. The molecule has 1 aliphatic heterocycles. The molecule has 1 amide bonds. The van der Waals surface area contributed by atoms with E-state index in [2.05, 4.69) is 20.9 Å². The second-order valence-electron chi connectivity index (χ2n) is 6.96. The van der Waals surface area contributed by atoms with Crippen LogP contribution in [0.5, 0.6) is 5.75 Å². The molecule has 7 nitrogen and oxygen atoms in total. The summed E-state index contributed by atoms with van der Waals surface area (Å²) in [5.74, 6) is 1.44. The fourth-order valence-corrected chi connectivity index (χ4v) is 4.55. The van der Waals surface area contributed by atoms with Crippen LogP contribution in [0.4, 0.5) is 5.69 Å². The Labute approximate surface area is 184 Å². The predicted octanol–water partition coefficient (Wildman–Crippen LogP) is 4.21. The Morgan fingerprint density at radius 2 is 2.03 bits per heavy atom. The first kappa shape index (κ1) is 20.6. The summed E-state index contributed by atoms with van der Waals surface area (Å²) >= 11 is 7.61. The van der Waals surface area contributed by atoms with E-state index in [1.54, 1.807) is 13.2 Å². The van der Waals surface area contributed by atoms with Crippen LogP contribution in [0, 0.1) is 6.92 Å². The van der Waals surface area contributed by atoms with Crippen molar-refractivity contribution in [2.45, 2.75) is 36.7 Å². The molecule has 9 heteroatoms. The third-order valence-electron chi connectivity index (χ3n) is 4.99. The average Bonchev–Trinajstić information content (AvgIpc) is 3.17. The van der Waals surface area contributed by atoms with E-state index in [1.807, 2.05) is 54.9 Å². The SMILES string of the molecule is CCc1nnc2n1N[C@H](c1ccc(OC)cc1)[C@H](C(=O)Nc1ccc(C)c(Cl)c1)S2. The molecule has 3 aromatic rings. The summed E-state index contributed by atoms with van der Waals surface area (Å²) in [4.78, 5) is 13.3. The van der Waals surface area contributed by atoms with Gasteiger partial charge in [-0.15, -0.1) is 10.2 Å². The predicted molar refractivity (Wildman–Crippen MR) is 119 cm³/mol. The van der Waals surface area contributed by atoms with E-state index in [9.17, 15) is 4.79 Å². The number of aromatic nitrogens is 3. The second kappa shape index (κ2) is 8.57. The van der Waals surface area contributed by atoms with Crippen molar-refractivity contribution in [1.29, 1.82) is 0 Å². The van der Waals surface area contributed by atoms with Gasteiger partial charge in [-0.25, -0.2) is 4.68 Å². The van der Waals surface area contributed by atoms with Crippen molar-refractivity contribution >= 4 is 35.0 Å². The maximum atomic E-state index is 13.3.